The molecule has 0 radical (unpaired) electrons. The van der Waals surface area contributed by atoms with Crippen LogP contribution >= 0.6 is 11.6 Å². The standard InChI is InChI=1S/C18H18ClFO/c1-12-8-9-18(21,15-5-3-2-4-14(12)15)11-13-6-7-17(20)16(19)10-13/h2-7,10,12,21H,8-9,11H2,1H3. The zero-order chi connectivity index (χ0) is 15.0. The Kier molecular flexibility index (Phi) is 3.76. The van der Waals surface area contributed by atoms with Gasteiger partial charge in [-0.25, -0.2) is 4.39 Å². The monoisotopic (exact) mass is 304 g/mol. The smallest absolute Gasteiger partial charge is 0.141 e. The van der Waals surface area contributed by atoms with Gasteiger partial charge < -0.3 is 5.11 Å². The summed E-state index contributed by atoms with van der Waals surface area (Å²) in [6, 6.07) is 12.7. The molecule has 0 heterocycles. The van der Waals surface area contributed by atoms with Crippen LogP contribution < -0.4 is 0 Å². The summed E-state index contributed by atoms with van der Waals surface area (Å²) < 4.78 is 13.3. The molecule has 2 aromatic rings. The van der Waals surface area contributed by atoms with E-state index in [1.165, 1.54) is 11.6 Å². The lowest BCUT2D eigenvalue weighted by atomic mass is 9.72. The average Bonchev–Trinajstić information content (AvgIpc) is 2.48. The van der Waals surface area contributed by atoms with Gasteiger partial charge in [0.25, 0.3) is 0 Å². The molecule has 0 aliphatic heterocycles. The first-order chi connectivity index (χ1) is 9.99. The molecule has 110 valence electrons. The summed E-state index contributed by atoms with van der Waals surface area (Å²) in [6.07, 6.45) is 2.11. The summed E-state index contributed by atoms with van der Waals surface area (Å²) in [5.74, 6) is 0.0309. The number of aliphatic hydroxyl groups is 1. The van der Waals surface area contributed by atoms with E-state index >= 15 is 0 Å². The van der Waals surface area contributed by atoms with Crippen molar-refractivity contribution in [3.63, 3.8) is 0 Å². The highest BCUT2D eigenvalue weighted by molar-refractivity contribution is 6.30. The molecule has 2 unspecified atom stereocenters. The van der Waals surface area contributed by atoms with E-state index in [0.717, 1.165) is 17.5 Å². The maximum absolute atomic E-state index is 13.3. The Morgan fingerprint density at radius 2 is 2.05 bits per heavy atom. The summed E-state index contributed by atoms with van der Waals surface area (Å²) in [6.45, 7) is 2.19. The Bertz CT molecular complexity index is 670. The third-order valence-corrected chi connectivity index (χ3v) is 4.75. The van der Waals surface area contributed by atoms with Gasteiger partial charge in [-0.2, -0.15) is 0 Å². The molecule has 1 aliphatic carbocycles. The Hall–Kier alpha value is -1.38. The Labute approximate surface area is 129 Å². The van der Waals surface area contributed by atoms with Gasteiger partial charge in [-0.15, -0.1) is 0 Å². The van der Waals surface area contributed by atoms with Crippen molar-refractivity contribution >= 4 is 11.6 Å². The van der Waals surface area contributed by atoms with Crippen molar-refractivity contribution in [3.05, 3.63) is 70.0 Å². The quantitative estimate of drug-likeness (QED) is 0.844. The van der Waals surface area contributed by atoms with Crippen LogP contribution in [-0.2, 0) is 12.0 Å². The first-order valence-electron chi connectivity index (χ1n) is 7.25. The van der Waals surface area contributed by atoms with E-state index < -0.39 is 11.4 Å². The Morgan fingerprint density at radius 1 is 1.29 bits per heavy atom. The largest absolute Gasteiger partial charge is 0.385 e. The molecule has 0 bridgehead atoms. The summed E-state index contributed by atoms with van der Waals surface area (Å²) in [5, 5.41) is 11.2. The van der Waals surface area contributed by atoms with Crippen molar-refractivity contribution in [2.24, 2.45) is 0 Å². The second-order valence-corrected chi connectivity index (χ2v) is 6.39. The fourth-order valence-corrected chi connectivity index (χ4v) is 3.47. The summed E-state index contributed by atoms with van der Waals surface area (Å²) in [5.41, 5.74) is 2.15. The van der Waals surface area contributed by atoms with Gasteiger partial charge in [0.15, 0.2) is 0 Å². The number of halogens is 2. The molecule has 1 N–H and O–H groups in total. The van der Waals surface area contributed by atoms with Gasteiger partial charge in [0.1, 0.15) is 5.82 Å². The van der Waals surface area contributed by atoms with E-state index in [4.69, 9.17) is 11.6 Å². The summed E-state index contributed by atoms with van der Waals surface area (Å²) in [4.78, 5) is 0. The molecule has 0 saturated carbocycles. The van der Waals surface area contributed by atoms with E-state index in [-0.39, 0.29) is 5.02 Å². The molecule has 21 heavy (non-hydrogen) atoms. The van der Waals surface area contributed by atoms with Crippen LogP contribution in [0.2, 0.25) is 5.02 Å². The molecule has 0 saturated heterocycles. The van der Waals surface area contributed by atoms with Crippen molar-refractivity contribution in [1.29, 1.82) is 0 Å². The van der Waals surface area contributed by atoms with Crippen LogP contribution in [0.15, 0.2) is 42.5 Å². The highest BCUT2D eigenvalue weighted by atomic mass is 35.5. The van der Waals surface area contributed by atoms with Crippen molar-refractivity contribution in [1.82, 2.24) is 0 Å². The highest BCUT2D eigenvalue weighted by Crippen LogP contribution is 2.43. The first kappa shape index (κ1) is 14.6. The predicted octanol–water partition coefficient (Wildman–Crippen LogP) is 4.81. The van der Waals surface area contributed by atoms with Crippen molar-refractivity contribution in [2.45, 2.75) is 37.7 Å². The SMILES string of the molecule is CC1CCC(O)(Cc2ccc(F)c(Cl)c2)c2ccccc21. The fourth-order valence-electron chi connectivity index (χ4n) is 3.27. The van der Waals surface area contributed by atoms with Crippen LogP contribution in [0.25, 0.3) is 0 Å². The van der Waals surface area contributed by atoms with Crippen molar-refractivity contribution in [2.75, 3.05) is 0 Å². The van der Waals surface area contributed by atoms with Crippen molar-refractivity contribution in [3.8, 4) is 0 Å². The van der Waals surface area contributed by atoms with E-state index in [1.54, 1.807) is 12.1 Å². The lowest BCUT2D eigenvalue weighted by Crippen LogP contribution is -2.34. The van der Waals surface area contributed by atoms with E-state index in [2.05, 4.69) is 13.0 Å². The molecule has 1 aliphatic rings. The Balaban J connectivity index is 1.97. The van der Waals surface area contributed by atoms with E-state index in [1.807, 2.05) is 18.2 Å². The van der Waals surface area contributed by atoms with Gasteiger partial charge in [0, 0.05) is 6.42 Å². The predicted molar refractivity (Wildman–Crippen MR) is 83.1 cm³/mol. The second-order valence-electron chi connectivity index (χ2n) is 5.98. The molecule has 3 heteroatoms. The van der Waals surface area contributed by atoms with Gasteiger partial charge in [0.05, 0.1) is 10.6 Å². The molecule has 0 fully saturated rings. The number of hydrogen-bond donors (Lipinski definition) is 1. The van der Waals surface area contributed by atoms with Gasteiger partial charge in [-0.1, -0.05) is 48.9 Å². The Morgan fingerprint density at radius 3 is 2.81 bits per heavy atom. The molecule has 0 amide bonds. The summed E-state index contributed by atoms with van der Waals surface area (Å²) >= 11 is 5.84. The third kappa shape index (κ3) is 2.70. The van der Waals surface area contributed by atoms with Crippen LogP contribution in [0.3, 0.4) is 0 Å². The minimum absolute atomic E-state index is 0.105. The number of fused-ring (bicyclic) bond motifs is 1. The molecule has 0 aromatic heterocycles. The normalized spacial score (nSPS) is 24.7. The number of benzene rings is 2. The van der Waals surface area contributed by atoms with Crippen LogP contribution in [0.4, 0.5) is 4.39 Å². The van der Waals surface area contributed by atoms with Gasteiger partial charge in [-0.3, -0.25) is 0 Å². The average molecular weight is 305 g/mol. The van der Waals surface area contributed by atoms with E-state index in [9.17, 15) is 9.50 Å². The molecule has 3 rings (SSSR count). The van der Waals surface area contributed by atoms with Gasteiger partial charge >= 0.3 is 0 Å². The van der Waals surface area contributed by atoms with Gasteiger partial charge in [0.2, 0.25) is 0 Å². The number of rotatable bonds is 2. The molecule has 2 aromatic carbocycles. The van der Waals surface area contributed by atoms with Crippen molar-refractivity contribution < 1.29 is 9.50 Å². The van der Waals surface area contributed by atoms with Gasteiger partial charge in [-0.05, 0) is 47.6 Å². The molecular weight excluding hydrogens is 287 g/mol. The maximum Gasteiger partial charge on any atom is 0.141 e. The van der Waals surface area contributed by atoms with Crippen LogP contribution in [0.1, 0.15) is 42.4 Å². The molecule has 1 nitrogen and oxygen atoms in total. The highest BCUT2D eigenvalue weighted by Gasteiger charge is 2.36. The molecule has 2 atom stereocenters. The lowest BCUT2D eigenvalue weighted by molar-refractivity contribution is 0.0159. The zero-order valence-corrected chi connectivity index (χ0v) is 12.7. The minimum atomic E-state index is -0.899. The summed E-state index contributed by atoms with van der Waals surface area (Å²) in [7, 11) is 0. The second kappa shape index (κ2) is 5.43. The van der Waals surface area contributed by atoms with E-state index in [0.29, 0.717) is 18.8 Å². The maximum atomic E-state index is 13.3. The van der Waals surface area contributed by atoms with Crippen LogP contribution in [0, 0.1) is 5.82 Å². The number of hydrogen-bond acceptors (Lipinski definition) is 1. The third-order valence-electron chi connectivity index (χ3n) is 4.46. The van der Waals surface area contributed by atoms with Crippen LogP contribution in [-0.4, -0.2) is 5.11 Å². The first-order valence-corrected chi connectivity index (χ1v) is 7.63. The molecular formula is C18H18ClFO. The minimum Gasteiger partial charge on any atom is -0.385 e. The zero-order valence-electron chi connectivity index (χ0n) is 11.9. The topological polar surface area (TPSA) is 20.2 Å². The fraction of sp³-hybridized carbons (Fsp3) is 0.333. The van der Waals surface area contributed by atoms with Crippen LogP contribution in [0.5, 0.6) is 0 Å². The lowest BCUT2D eigenvalue weighted by Gasteiger charge is -2.37. The molecule has 0 spiro atoms.